The van der Waals surface area contributed by atoms with Crippen molar-refractivity contribution in [1.29, 1.82) is 0 Å². The zero-order chi connectivity index (χ0) is 14.4. The second-order valence-corrected chi connectivity index (χ2v) is 5.17. The van der Waals surface area contributed by atoms with Gasteiger partial charge in [-0.25, -0.2) is 4.39 Å². The van der Waals surface area contributed by atoms with Gasteiger partial charge >= 0.3 is 0 Å². The molecular formula is C15H14FNO2S. The number of benzene rings is 2. The third-order valence-corrected chi connectivity index (χ3v) is 3.60. The Balaban J connectivity index is 1.78. The van der Waals surface area contributed by atoms with E-state index in [1.54, 1.807) is 30.3 Å². The Kier molecular flexibility index (Phi) is 5.01. The standard InChI is InChI=1S/C15H14FNO2S/c16-12-7-5-11(6-8-12)9-20-10-15(19)17-13-3-1-2-4-14(13)18/h1-8,18H,9-10H2,(H,17,19). The number of nitrogens with one attached hydrogen (secondary N) is 1. The molecule has 3 nitrogen and oxygen atoms in total. The van der Waals surface area contributed by atoms with E-state index < -0.39 is 0 Å². The number of para-hydroxylation sites is 2. The highest BCUT2D eigenvalue weighted by atomic mass is 32.2. The molecule has 0 spiro atoms. The maximum atomic E-state index is 12.7. The van der Waals surface area contributed by atoms with Crippen molar-refractivity contribution in [3.05, 3.63) is 59.9 Å². The van der Waals surface area contributed by atoms with Gasteiger partial charge in [-0.1, -0.05) is 24.3 Å². The number of thioether (sulfide) groups is 1. The molecule has 0 saturated carbocycles. The molecule has 104 valence electrons. The first-order chi connectivity index (χ1) is 9.65. The zero-order valence-corrected chi connectivity index (χ0v) is 11.5. The van der Waals surface area contributed by atoms with Gasteiger partial charge in [0.05, 0.1) is 11.4 Å². The van der Waals surface area contributed by atoms with Crippen LogP contribution in [0.4, 0.5) is 10.1 Å². The molecule has 0 fully saturated rings. The van der Waals surface area contributed by atoms with Gasteiger partial charge in [0.15, 0.2) is 0 Å². The largest absolute Gasteiger partial charge is 0.506 e. The average molecular weight is 291 g/mol. The van der Waals surface area contributed by atoms with E-state index >= 15 is 0 Å². The molecule has 0 saturated heterocycles. The van der Waals surface area contributed by atoms with E-state index in [0.29, 0.717) is 11.4 Å². The van der Waals surface area contributed by atoms with E-state index in [1.807, 2.05) is 0 Å². The third-order valence-electron chi connectivity index (χ3n) is 2.59. The van der Waals surface area contributed by atoms with Crippen molar-refractivity contribution >= 4 is 23.4 Å². The van der Waals surface area contributed by atoms with E-state index in [2.05, 4.69) is 5.32 Å². The minimum atomic E-state index is -0.268. The molecule has 0 heterocycles. The van der Waals surface area contributed by atoms with Crippen LogP contribution in [0, 0.1) is 5.82 Å². The summed E-state index contributed by atoms with van der Waals surface area (Å²) < 4.78 is 12.7. The highest BCUT2D eigenvalue weighted by Crippen LogP contribution is 2.22. The van der Waals surface area contributed by atoms with E-state index in [1.165, 1.54) is 30.0 Å². The summed E-state index contributed by atoms with van der Waals surface area (Å²) >= 11 is 1.43. The molecule has 2 rings (SSSR count). The topological polar surface area (TPSA) is 49.3 Å². The van der Waals surface area contributed by atoms with Crippen molar-refractivity contribution in [1.82, 2.24) is 0 Å². The SMILES string of the molecule is O=C(CSCc1ccc(F)cc1)Nc1ccccc1O. The summed E-state index contributed by atoms with van der Waals surface area (Å²) in [5.41, 5.74) is 1.37. The molecule has 0 aromatic heterocycles. The summed E-state index contributed by atoms with van der Waals surface area (Å²) in [7, 11) is 0. The van der Waals surface area contributed by atoms with E-state index in [9.17, 15) is 14.3 Å². The molecule has 2 N–H and O–H groups in total. The normalized spacial score (nSPS) is 10.2. The van der Waals surface area contributed by atoms with Gasteiger partial charge in [-0.3, -0.25) is 4.79 Å². The highest BCUT2D eigenvalue weighted by molar-refractivity contribution is 7.99. The van der Waals surface area contributed by atoms with Gasteiger partial charge in [0, 0.05) is 5.75 Å². The number of aromatic hydroxyl groups is 1. The number of phenols is 1. The summed E-state index contributed by atoms with van der Waals surface area (Å²) in [6, 6.07) is 12.8. The molecule has 1 amide bonds. The lowest BCUT2D eigenvalue weighted by molar-refractivity contribution is -0.113. The molecule has 0 bridgehead atoms. The van der Waals surface area contributed by atoms with Crippen molar-refractivity contribution in [3.8, 4) is 5.75 Å². The summed E-state index contributed by atoms with van der Waals surface area (Å²) in [5, 5.41) is 12.2. The number of hydrogen-bond donors (Lipinski definition) is 2. The Labute approximate surface area is 120 Å². The lowest BCUT2D eigenvalue weighted by Gasteiger charge is -2.06. The minimum absolute atomic E-state index is 0.0457. The van der Waals surface area contributed by atoms with Crippen LogP contribution in [-0.2, 0) is 10.5 Å². The van der Waals surface area contributed by atoms with Gasteiger partial charge in [-0.15, -0.1) is 11.8 Å². The number of hydrogen-bond acceptors (Lipinski definition) is 3. The maximum absolute atomic E-state index is 12.7. The van der Waals surface area contributed by atoms with Crippen LogP contribution in [0.1, 0.15) is 5.56 Å². The predicted molar refractivity (Wildman–Crippen MR) is 79.3 cm³/mol. The van der Waals surface area contributed by atoms with Crippen molar-refractivity contribution in [3.63, 3.8) is 0 Å². The molecular weight excluding hydrogens is 277 g/mol. The Morgan fingerprint density at radius 2 is 1.85 bits per heavy atom. The van der Waals surface area contributed by atoms with Crippen molar-refractivity contribution in [2.45, 2.75) is 5.75 Å². The molecule has 5 heteroatoms. The fraction of sp³-hybridized carbons (Fsp3) is 0.133. The number of rotatable bonds is 5. The van der Waals surface area contributed by atoms with Crippen LogP contribution >= 0.6 is 11.8 Å². The van der Waals surface area contributed by atoms with Gasteiger partial charge in [0.1, 0.15) is 11.6 Å². The van der Waals surface area contributed by atoms with Crippen LogP contribution in [-0.4, -0.2) is 16.8 Å². The number of anilines is 1. The molecule has 0 aliphatic heterocycles. The van der Waals surface area contributed by atoms with Crippen LogP contribution in [0.5, 0.6) is 5.75 Å². The highest BCUT2D eigenvalue weighted by Gasteiger charge is 2.06. The maximum Gasteiger partial charge on any atom is 0.234 e. The first kappa shape index (κ1) is 14.4. The van der Waals surface area contributed by atoms with Crippen LogP contribution in [0.25, 0.3) is 0 Å². The summed E-state index contributed by atoms with van der Waals surface area (Å²) in [5.74, 6) is 0.499. The lowest BCUT2D eigenvalue weighted by atomic mass is 10.2. The number of halogens is 1. The molecule has 20 heavy (non-hydrogen) atoms. The monoisotopic (exact) mass is 291 g/mol. The minimum Gasteiger partial charge on any atom is -0.506 e. The van der Waals surface area contributed by atoms with Crippen LogP contribution in [0.15, 0.2) is 48.5 Å². The van der Waals surface area contributed by atoms with Crippen molar-refractivity contribution < 1.29 is 14.3 Å². The van der Waals surface area contributed by atoms with E-state index in [-0.39, 0.29) is 23.2 Å². The van der Waals surface area contributed by atoms with Crippen LogP contribution < -0.4 is 5.32 Å². The Hall–Kier alpha value is -2.01. The second-order valence-electron chi connectivity index (χ2n) is 4.18. The van der Waals surface area contributed by atoms with Crippen LogP contribution in [0.2, 0.25) is 0 Å². The molecule has 2 aromatic carbocycles. The third kappa shape index (κ3) is 4.28. The summed E-state index contributed by atoms with van der Waals surface area (Å²) in [6.07, 6.45) is 0. The molecule has 2 aromatic rings. The molecule has 0 atom stereocenters. The Bertz CT molecular complexity index is 587. The average Bonchev–Trinajstić information content (AvgIpc) is 2.44. The van der Waals surface area contributed by atoms with E-state index in [4.69, 9.17) is 0 Å². The fourth-order valence-electron chi connectivity index (χ4n) is 1.61. The smallest absolute Gasteiger partial charge is 0.234 e. The van der Waals surface area contributed by atoms with Crippen molar-refractivity contribution in [2.75, 3.05) is 11.1 Å². The lowest BCUT2D eigenvalue weighted by Crippen LogP contribution is -2.14. The number of amides is 1. The second kappa shape index (κ2) is 6.96. The summed E-state index contributed by atoms with van der Waals surface area (Å²) in [4.78, 5) is 11.7. The quantitative estimate of drug-likeness (QED) is 0.830. The number of carbonyl (C=O) groups excluding carboxylic acids is 1. The fourth-order valence-corrected chi connectivity index (χ4v) is 2.40. The Morgan fingerprint density at radius 3 is 2.55 bits per heavy atom. The van der Waals surface area contributed by atoms with Crippen LogP contribution in [0.3, 0.4) is 0 Å². The van der Waals surface area contributed by atoms with Gasteiger partial charge in [0.2, 0.25) is 5.91 Å². The number of carbonyl (C=O) groups is 1. The summed E-state index contributed by atoms with van der Waals surface area (Å²) in [6.45, 7) is 0. The van der Waals surface area contributed by atoms with Crippen molar-refractivity contribution in [2.24, 2.45) is 0 Å². The van der Waals surface area contributed by atoms with Gasteiger partial charge in [0.25, 0.3) is 0 Å². The first-order valence-corrected chi connectivity index (χ1v) is 7.20. The number of phenolic OH excluding ortho intramolecular Hbond substituents is 1. The van der Waals surface area contributed by atoms with Gasteiger partial charge in [-0.05, 0) is 29.8 Å². The zero-order valence-electron chi connectivity index (χ0n) is 10.7. The van der Waals surface area contributed by atoms with Gasteiger partial charge < -0.3 is 10.4 Å². The molecule has 0 aliphatic rings. The molecule has 0 aliphatic carbocycles. The predicted octanol–water partition coefficient (Wildman–Crippen LogP) is 3.40. The molecule has 0 radical (unpaired) electrons. The van der Waals surface area contributed by atoms with E-state index in [0.717, 1.165) is 5.56 Å². The van der Waals surface area contributed by atoms with Gasteiger partial charge in [-0.2, -0.15) is 0 Å². The molecule has 0 unspecified atom stereocenters. The first-order valence-electron chi connectivity index (χ1n) is 6.05. The Morgan fingerprint density at radius 1 is 1.15 bits per heavy atom.